The predicted molar refractivity (Wildman–Crippen MR) is 191 cm³/mol. The van der Waals surface area contributed by atoms with Crippen molar-refractivity contribution in [3.8, 4) is 56.6 Å². The highest BCUT2D eigenvalue weighted by atomic mass is 16.4. The van der Waals surface area contributed by atoms with Gasteiger partial charge in [0.1, 0.15) is 11.4 Å². The van der Waals surface area contributed by atoms with Gasteiger partial charge in [0.25, 0.3) is 0 Å². The van der Waals surface area contributed by atoms with Gasteiger partial charge < -0.3 is 8.83 Å². The van der Waals surface area contributed by atoms with E-state index >= 15 is 0 Å². The zero-order chi connectivity index (χ0) is 33.0. The topological polar surface area (TPSA) is 77.8 Å². The fourth-order valence-electron chi connectivity index (χ4n) is 7.23. The lowest BCUT2D eigenvalue weighted by atomic mass is 9.67. The molecule has 0 spiro atoms. The van der Waals surface area contributed by atoms with Crippen molar-refractivity contribution in [2.24, 2.45) is 0 Å². The van der Waals surface area contributed by atoms with E-state index in [2.05, 4.69) is 119 Å². The molecule has 4 aromatic heterocycles. The van der Waals surface area contributed by atoms with Gasteiger partial charge >= 0.3 is 0 Å². The number of pyridine rings is 2. The number of hydrogen-bond acceptors (Lipinski definition) is 6. The van der Waals surface area contributed by atoms with Crippen molar-refractivity contribution < 1.29 is 8.83 Å². The Kier molecular flexibility index (Phi) is 6.69. The van der Waals surface area contributed by atoms with E-state index in [4.69, 9.17) is 18.8 Å². The van der Waals surface area contributed by atoms with Crippen LogP contribution in [0.5, 0.6) is 0 Å². The third-order valence-corrected chi connectivity index (χ3v) is 9.39. The lowest BCUT2D eigenvalue weighted by Gasteiger charge is -2.34. The van der Waals surface area contributed by atoms with E-state index in [0.717, 1.165) is 33.9 Å². The maximum Gasteiger partial charge on any atom is 0.191 e. The maximum atomic E-state index is 5.82. The van der Waals surface area contributed by atoms with E-state index in [9.17, 15) is 0 Å². The van der Waals surface area contributed by atoms with Crippen LogP contribution in [-0.2, 0) is 5.41 Å². The molecular weight excluding hydrogens is 604 g/mol. The van der Waals surface area contributed by atoms with Crippen molar-refractivity contribution in [2.45, 2.75) is 19.3 Å². The second-order valence-corrected chi connectivity index (χ2v) is 12.3. The largest absolute Gasteiger partial charge is 0.439 e. The van der Waals surface area contributed by atoms with Crippen LogP contribution in [0.3, 0.4) is 0 Å². The molecule has 6 heteroatoms. The summed E-state index contributed by atoms with van der Waals surface area (Å²) in [6, 6.07) is 47.1. The minimum Gasteiger partial charge on any atom is -0.439 e. The Morgan fingerprint density at radius 1 is 0.449 bits per heavy atom. The number of nitrogens with zero attached hydrogens (tertiary/aromatic N) is 4. The summed E-state index contributed by atoms with van der Waals surface area (Å²) in [6.07, 6.45) is 3.45. The predicted octanol–water partition coefficient (Wildman–Crippen LogP) is 10.1. The molecule has 49 heavy (non-hydrogen) atoms. The zero-order valence-electron chi connectivity index (χ0n) is 27.0. The summed E-state index contributed by atoms with van der Waals surface area (Å²) in [5.74, 6) is 2.53. The average molecular weight is 635 g/mol. The second kappa shape index (κ2) is 11.4. The number of aryl methyl sites for hydroxylation is 2. The van der Waals surface area contributed by atoms with Crippen LogP contribution in [0.25, 0.3) is 56.6 Å². The third kappa shape index (κ3) is 4.72. The lowest BCUT2D eigenvalue weighted by Crippen LogP contribution is -2.28. The number of aromatic nitrogens is 4. The summed E-state index contributed by atoms with van der Waals surface area (Å²) in [7, 11) is 0. The van der Waals surface area contributed by atoms with E-state index in [1.807, 2.05) is 38.1 Å². The van der Waals surface area contributed by atoms with Gasteiger partial charge in [-0.3, -0.25) is 0 Å². The minimum atomic E-state index is -0.599. The highest BCUT2D eigenvalue weighted by Gasteiger charge is 2.46. The fourth-order valence-corrected chi connectivity index (χ4v) is 7.23. The quantitative estimate of drug-likeness (QED) is 0.181. The first-order valence-corrected chi connectivity index (χ1v) is 16.3. The van der Waals surface area contributed by atoms with Crippen molar-refractivity contribution in [1.82, 2.24) is 19.9 Å². The molecule has 0 fully saturated rings. The van der Waals surface area contributed by atoms with Gasteiger partial charge in [0.15, 0.2) is 23.3 Å². The molecule has 0 saturated heterocycles. The molecule has 8 aromatic rings. The highest BCUT2D eigenvalue weighted by molar-refractivity contribution is 5.90. The van der Waals surface area contributed by atoms with Gasteiger partial charge in [-0.1, -0.05) is 97.1 Å². The van der Waals surface area contributed by atoms with Crippen LogP contribution in [-0.4, -0.2) is 19.9 Å². The molecule has 0 unspecified atom stereocenters. The van der Waals surface area contributed by atoms with Crippen LogP contribution in [0, 0.1) is 13.8 Å². The fraction of sp³-hybridized carbons (Fsp3) is 0.0698. The molecular formula is C43H30N4O2. The summed E-state index contributed by atoms with van der Waals surface area (Å²) in [4.78, 5) is 18.6. The highest BCUT2D eigenvalue weighted by Crippen LogP contribution is 2.57. The average Bonchev–Trinajstić information content (AvgIpc) is 3.88. The van der Waals surface area contributed by atoms with Crippen molar-refractivity contribution in [3.05, 3.63) is 180 Å². The number of hydrogen-bond donors (Lipinski definition) is 0. The Balaban J connectivity index is 1.27. The molecule has 0 radical (unpaired) electrons. The number of oxazole rings is 2. The summed E-state index contributed by atoms with van der Waals surface area (Å²) in [5, 5.41) is 0. The third-order valence-electron chi connectivity index (χ3n) is 9.39. The number of rotatable bonds is 6. The summed E-state index contributed by atoms with van der Waals surface area (Å²) in [5.41, 5.74) is 11.9. The number of fused-ring (bicyclic) bond motifs is 3. The summed E-state index contributed by atoms with van der Waals surface area (Å²) >= 11 is 0. The van der Waals surface area contributed by atoms with Crippen LogP contribution in [0.15, 0.2) is 155 Å². The van der Waals surface area contributed by atoms with Gasteiger partial charge in [-0.25, -0.2) is 19.9 Å². The van der Waals surface area contributed by atoms with E-state index in [1.54, 1.807) is 12.4 Å². The normalized spacial score (nSPS) is 12.9. The van der Waals surface area contributed by atoms with Gasteiger partial charge in [0, 0.05) is 25.0 Å². The number of benzene rings is 4. The maximum absolute atomic E-state index is 5.82. The van der Waals surface area contributed by atoms with E-state index in [1.165, 1.54) is 33.4 Å². The van der Waals surface area contributed by atoms with E-state index < -0.39 is 5.41 Å². The van der Waals surface area contributed by atoms with Crippen molar-refractivity contribution >= 4 is 0 Å². The molecule has 0 N–H and O–H groups in total. The molecule has 1 aliphatic rings. The minimum absolute atomic E-state index is 0.599. The van der Waals surface area contributed by atoms with E-state index in [0.29, 0.717) is 23.3 Å². The van der Waals surface area contributed by atoms with Gasteiger partial charge in [-0.2, -0.15) is 0 Å². The van der Waals surface area contributed by atoms with Gasteiger partial charge in [0.05, 0.1) is 29.2 Å². The lowest BCUT2D eigenvalue weighted by molar-refractivity contribution is 0.532. The Hall–Kier alpha value is -6.40. The van der Waals surface area contributed by atoms with Crippen LogP contribution in [0.4, 0.5) is 0 Å². The van der Waals surface area contributed by atoms with Crippen molar-refractivity contribution in [2.75, 3.05) is 0 Å². The smallest absolute Gasteiger partial charge is 0.191 e. The zero-order valence-corrected chi connectivity index (χ0v) is 27.0. The van der Waals surface area contributed by atoms with Gasteiger partial charge in [-0.05, 0) is 69.8 Å². The first-order valence-electron chi connectivity index (χ1n) is 16.3. The standard InChI is InChI=1S/C43H30N4O2/c1-27-44-25-41(48-27)39-17-9-15-37(46-39)29-19-21-33-34-22-20-30(38-16-10-18-40(47-38)42-26-45-28(2)49-42)24-36(34)43(35(33)23-29,31-11-5-3-6-12-31)32-13-7-4-8-14-32/h3-26H,1-2H3. The Morgan fingerprint density at radius 3 is 1.29 bits per heavy atom. The Labute approximate surface area is 283 Å². The van der Waals surface area contributed by atoms with Crippen LogP contribution < -0.4 is 0 Å². The summed E-state index contributed by atoms with van der Waals surface area (Å²) in [6.45, 7) is 3.68. The molecule has 9 rings (SSSR count). The van der Waals surface area contributed by atoms with Crippen molar-refractivity contribution in [3.63, 3.8) is 0 Å². The van der Waals surface area contributed by atoms with Gasteiger partial charge in [-0.15, -0.1) is 0 Å². The van der Waals surface area contributed by atoms with E-state index in [-0.39, 0.29) is 0 Å². The second-order valence-electron chi connectivity index (χ2n) is 12.3. The van der Waals surface area contributed by atoms with Crippen LogP contribution in [0.1, 0.15) is 34.0 Å². The Morgan fingerprint density at radius 2 is 0.878 bits per heavy atom. The Bertz CT molecular complexity index is 2310. The molecule has 0 aliphatic heterocycles. The SMILES string of the molecule is Cc1ncc(-c2cccc(-c3ccc4c(c3)C(c3ccccc3)(c3ccccc3)c3cc(-c5cccc(-c6cnc(C)o6)n5)ccc3-4)n2)o1. The molecule has 6 nitrogen and oxygen atoms in total. The van der Waals surface area contributed by atoms with Crippen LogP contribution >= 0.6 is 0 Å². The molecule has 1 aliphatic carbocycles. The molecule has 0 atom stereocenters. The molecule has 0 saturated carbocycles. The molecule has 0 bridgehead atoms. The first kappa shape index (κ1) is 28.8. The molecule has 0 amide bonds. The van der Waals surface area contributed by atoms with Crippen LogP contribution in [0.2, 0.25) is 0 Å². The molecule has 4 aromatic carbocycles. The van der Waals surface area contributed by atoms with Crippen molar-refractivity contribution in [1.29, 1.82) is 0 Å². The summed E-state index contributed by atoms with van der Waals surface area (Å²) < 4.78 is 11.6. The molecule has 234 valence electrons. The first-order chi connectivity index (χ1) is 24.1. The van der Waals surface area contributed by atoms with Gasteiger partial charge in [0.2, 0.25) is 0 Å². The molecule has 4 heterocycles. The monoisotopic (exact) mass is 634 g/mol.